The quantitative estimate of drug-likeness (QED) is 0.848. The Morgan fingerprint density at radius 2 is 1.70 bits per heavy atom. The minimum Gasteiger partial charge on any atom is -0.355 e. The number of anilines is 1. The molecule has 0 saturated carbocycles. The van der Waals surface area contributed by atoms with Gasteiger partial charge in [0.05, 0.1) is 5.69 Å². The molecule has 4 heteroatoms. The molecule has 2 fully saturated rings. The minimum absolute atomic E-state index is 0.602. The lowest BCUT2D eigenvalue weighted by atomic mass is 9.93. The lowest BCUT2D eigenvalue weighted by molar-refractivity contribution is 0.170. The van der Waals surface area contributed by atoms with E-state index in [1.165, 1.54) is 44.5 Å². The van der Waals surface area contributed by atoms with Crippen molar-refractivity contribution >= 4 is 5.82 Å². The fraction of sp³-hybridized carbons (Fsp3) is 0.750. The second-order valence-electron chi connectivity index (χ2n) is 6.41. The largest absolute Gasteiger partial charge is 0.355 e. The summed E-state index contributed by atoms with van der Waals surface area (Å²) >= 11 is 0. The predicted octanol–water partition coefficient (Wildman–Crippen LogP) is 2.66. The number of rotatable bonds is 3. The average molecular weight is 274 g/mol. The van der Waals surface area contributed by atoms with Crippen molar-refractivity contribution in [2.75, 3.05) is 31.1 Å². The number of aromatic nitrogens is 2. The monoisotopic (exact) mass is 274 g/mol. The molecule has 0 atom stereocenters. The smallest absolute Gasteiger partial charge is 0.151 e. The van der Waals surface area contributed by atoms with Crippen molar-refractivity contribution in [3.63, 3.8) is 0 Å². The molecule has 1 aromatic rings. The van der Waals surface area contributed by atoms with Gasteiger partial charge in [-0.15, -0.1) is 5.10 Å². The van der Waals surface area contributed by atoms with Crippen LogP contribution in [0.1, 0.15) is 51.1 Å². The summed E-state index contributed by atoms with van der Waals surface area (Å²) in [6.45, 7) is 9.23. The van der Waals surface area contributed by atoms with Crippen LogP contribution in [0.3, 0.4) is 0 Å². The number of piperidine rings is 1. The Balaban J connectivity index is 1.60. The van der Waals surface area contributed by atoms with Gasteiger partial charge in [-0.1, -0.05) is 0 Å². The van der Waals surface area contributed by atoms with Crippen molar-refractivity contribution in [2.45, 2.75) is 51.5 Å². The van der Waals surface area contributed by atoms with Crippen molar-refractivity contribution in [2.24, 2.45) is 0 Å². The molecular formula is C16H26N4. The SMILES string of the molecule is CC(C)N1CCC(c2ccc(N3CCCC3)nn2)CC1. The standard InChI is InChI=1S/C16H26N4/c1-13(2)19-11-7-14(8-12-19)15-5-6-16(18-17-15)20-9-3-4-10-20/h5-6,13-14H,3-4,7-12H2,1-2H3. The molecule has 1 aromatic heterocycles. The highest BCUT2D eigenvalue weighted by molar-refractivity contribution is 5.38. The van der Waals surface area contributed by atoms with Crippen molar-refractivity contribution in [3.8, 4) is 0 Å². The molecule has 20 heavy (non-hydrogen) atoms. The van der Waals surface area contributed by atoms with Gasteiger partial charge in [0.15, 0.2) is 5.82 Å². The third kappa shape index (κ3) is 2.95. The van der Waals surface area contributed by atoms with Gasteiger partial charge >= 0.3 is 0 Å². The van der Waals surface area contributed by atoms with Crippen LogP contribution in [0.2, 0.25) is 0 Å². The fourth-order valence-electron chi connectivity index (χ4n) is 3.38. The predicted molar refractivity (Wildman–Crippen MR) is 82.2 cm³/mol. The summed E-state index contributed by atoms with van der Waals surface area (Å²) < 4.78 is 0. The zero-order chi connectivity index (χ0) is 13.9. The van der Waals surface area contributed by atoms with Gasteiger partial charge < -0.3 is 9.80 Å². The molecule has 110 valence electrons. The molecule has 0 N–H and O–H groups in total. The lowest BCUT2D eigenvalue weighted by Crippen LogP contribution is -2.38. The van der Waals surface area contributed by atoms with Gasteiger partial charge in [-0.2, -0.15) is 5.10 Å². The summed E-state index contributed by atoms with van der Waals surface area (Å²) in [5.74, 6) is 1.66. The third-order valence-corrected chi connectivity index (χ3v) is 4.78. The normalized spacial score (nSPS) is 21.9. The van der Waals surface area contributed by atoms with Gasteiger partial charge in [-0.05, 0) is 64.8 Å². The summed E-state index contributed by atoms with van der Waals surface area (Å²) in [5, 5.41) is 8.96. The summed E-state index contributed by atoms with van der Waals surface area (Å²) in [6, 6.07) is 5.04. The molecule has 0 radical (unpaired) electrons. The third-order valence-electron chi connectivity index (χ3n) is 4.78. The molecule has 0 amide bonds. The number of likely N-dealkylation sites (tertiary alicyclic amines) is 1. The Kier molecular flexibility index (Phi) is 4.20. The highest BCUT2D eigenvalue weighted by Crippen LogP contribution is 2.28. The molecule has 2 aliphatic rings. The molecule has 0 bridgehead atoms. The second kappa shape index (κ2) is 6.08. The number of hydrogen-bond acceptors (Lipinski definition) is 4. The van der Waals surface area contributed by atoms with E-state index in [0.29, 0.717) is 12.0 Å². The van der Waals surface area contributed by atoms with Crippen LogP contribution in [0.15, 0.2) is 12.1 Å². The molecule has 2 aliphatic heterocycles. The molecule has 0 aliphatic carbocycles. The maximum atomic E-state index is 4.51. The Morgan fingerprint density at radius 3 is 2.25 bits per heavy atom. The fourth-order valence-corrected chi connectivity index (χ4v) is 3.38. The molecule has 0 unspecified atom stereocenters. The number of hydrogen-bond donors (Lipinski definition) is 0. The first-order chi connectivity index (χ1) is 9.74. The van der Waals surface area contributed by atoms with Gasteiger partial charge in [0.1, 0.15) is 0 Å². The van der Waals surface area contributed by atoms with Crippen LogP contribution in [0.25, 0.3) is 0 Å². The van der Waals surface area contributed by atoms with Crippen LogP contribution in [0.5, 0.6) is 0 Å². The first kappa shape index (κ1) is 13.8. The van der Waals surface area contributed by atoms with Gasteiger partial charge in [-0.3, -0.25) is 0 Å². The van der Waals surface area contributed by atoms with E-state index in [-0.39, 0.29) is 0 Å². The van der Waals surface area contributed by atoms with Crippen LogP contribution in [-0.2, 0) is 0 Å². The molecule has 0 aromatic carbocycles. The van der Waals surface area contributed by atoms with Crippen LogP contribution in [0, 0.1) is 0 Å². The van der Waals surface area contributed by atoms with E-state index in [2.05, 4.69) is 46.0 Å². The van der Waals surface area contributed by atoms with Crippen LogP contribution < -0.4 is 4.90 Å². The summed E-state index contributed by atoms with van der Waals surface area (Å²) in [5.41, 5.74) is 1.19. The van der Waals surface area contributed by atoms with Gasteiger partial charge in [0, 0.05) is 25.0 Å². The highest BCUT2D eigenvalue weighted by atomic mass is 15.3. The molecule has 0 spiro atoms. The van der Waals surface area contributed by atoms with Gasteiger partial charge in [0.25, 0.3) is 0 Å². The molecule has 2 saturated heterocycles. The maximum absolute atomic E-state index is 4.51. The molecular weight excluding hydrogens is 248 g/mol. The average Bonchev–Trinajstić information content (AvgIpc) is 3.02. The van der Waals surface area contributed by atoms with Crippen LogP contribution >= 0.6 is 0 Å². The topological polar surface area (TPSA) is 32.3 Å². The first-order valence-corrected chi connectivity index (χ1v) is 8.06. The van der Waals surface area contributed by atoms with E-state index in [4.69, 9.17) is 0 Å². The van der Waals surface area contributed by atoms with E-state index in [9.17, 15) is 0 Å². The van der Waals surface area contributed by atoms with E-state index in [1.807, 2.05) is 0 Å². The number of nitrogens with zero attached hydrogens (tertiary/aromatic N) is 4. The van der Waals surface area contributed by atoms with E-state index in [0.717, 1.165) is 18.9 Å². The summed E-state index contributed by atoms with van der Waals surface area (Å²) in [6.07, 6.45) is 5.01. The van der Waals surface area contributed by atoms with E-state index >= 15 is 0 Å². The van der Waals surface area contributed by atoms with Crippen molar-refractivity contribution < 1.29 is 0 Å². The molecule has 4 nitrogen and oxygen atoms in total. The molecule has 3 heterocycles. The summed E-state index contributed by atoms with van der Waals surface area (Å²) in [4.78, 5) is 4.90. The van der Waals surface area contributed by atoms with Crippen molar-refractivity contribution in [1.29, 1.82) is 0 Å². The zero-order valence-electron chi connectivity index (χ0n) is 12.8. The van der Waals surface area contributed by atoms with E-state index in [1.54, 1.807) is 0 Å². The highest BCUT2D eigenvalue weighted by Gasteiger charge is 2.23. The Morgan fingerprint density at radius 1 is 1.00 bits per heavy atom. The minimum atomic E-state index is 0.602. The summed E-state index contributed by atoms with van der Waals surface area (Å²) in [7, 11) is 0. The van der Waals surface area contributed by atoms with Crippen molar-refractivity contribution in [3.05, 3.63) is 17.8 Å². The first-order valence-electron chi connectivity index (χ1n) is 8.06. The van der Waals surface area contributed by atoms with Gasteiger partial charge in [-0.25, -0.2) is 0 Å². The Bertz CT molecular complexity index is 415. The van der Waals surface area contributed by atoms with Crippen LogP contribution in [-0.4, -0.2) is 47.3 Å². The van der Waals surface area contributed by atoms with Crippen molar-refractivity contribution in [1.82, 2.24) is 15.1 Å². The van der Waals surface area contributed by atoms with E-state index < -0.39 is 0 Å². The maximum Gasteiger partial charge on any atom is 0.151 e. The molecule has 3 rings (SSSR count). The van der Waals surface area contributed by atoms with Gasteiger partial charge in [0.2, 0.25) is 0 Å². The lowest BCUT2D eigenvalue weighted by Gasteiger charge is -2.34. The zero-order valence-corrected chi connectivity index (χ0v) is 12.8. The Labute approximate surface area is 122 Å². The Hall–Kier alpha value is -1.16. The second-order valence-corrected chi connectivity index (χ2v) is 6.41. The van der Waals surface area contributed by atoms with Crippen LogP contribution in [0.4, 0.5) is 5.82 Å².